The number of nitrogens with one attached hydrogen (secondary N) is 1. The molecule has 122 valence electrons. The van der Waals surface area contributed by atoms with Crippen LogP contribution in [0.4, 0.5) is 0 Å². The van der Waals surface area contributed by atoms with Crippen molar-refractivity contribution in [1.29, 1.82) is 0 Å². The summed E-state index contributed by atoms with van der Waals surface area (Å²) >= 11 is 0. The molecule has 6 nitrogen and oxygen atoms in total. The third-order valence-corrected chi connectivity index (χ3v) is 3.61. The maximum atomic E-state index is 12.5. The van der Waals surface area contributed by atoms with Gasteiger partial charge in [0.15, 0.2) is 17.8 Å². The maximum Gasteiger partial charge on any atom is 0.274 e. The second-order valence-corrected chi connectivity index (χ2v) is 5.21. The molecule has 1 N–H and O–H groups in total. The van der Waals surface area contributed by atoms with Gasteiger partial charge in [-0.05, 0) is 43.3 Å². The summed E-state index contributed by atoms with van der Waals surface area (Å²) in [4.78, 5) is 20.8. The number of amides is 1. The number of aromatic nitrogens is 2. The van der Waals surface area contributed by atoms with Crippen LogP contribution in [-0.2, 0) is 0 Å². The van der Waals surface area contributed by atoms with Gasteiger partial charge in [-0.3, -0.25) is 9.78 Å². The molecule has 3 rings (SSSR count). The molecule has 2 heterocycles. The lowest BCUT2D eigenvalue weighted by Crippen LogP contribution is -2.27. The highest BCUT2D eigenvalue weighted by Crippen LogP contribution is 2.25. The Balaban J connectivity index is 1.80. The van der Waals surface area contributed by atoms with Crippen molar-refractivity contribution in [2.24, 2.45) is 0 Å². The van der Waals surface area contributed by atoms with Crippen molar-refractivity contribution in [2.45, 2.75) is 13.0 Å². The summed E-state index contributed by atoms with van der Waals surface area (Å²) in [6.45, 7) is 1.87. The second-order valence-electron chi connectivity index (χ2n) is 5.21. The number of carbonyl (C=O) groups excluding carboxylic acids is 1. The van der Waals surface area contributed by atoms with E-state index in [1.54, 1.807) is 25.4 Å². The van der Waals surface area contributed by atoms with E-state index in [0.29, 0.717) is 5.76 Å². The molecule has 0 fully saturated rings. The first-order valence-electron chi connectivity index (χ1n) is 7.48. The van der Waals surface area contributed by atoms with Crippen LogP contribution in [0.5, 0.6) is 5.75 Å². The second kappa shape index (κ2) is 6.95. The topological polar surface area (TPSA) is 77.2 Å². The van der Waals surface area contributed by atoms with Crippen molar-refractivity contribution in [1.82, 2.24) is 15.3 Å². The van der Waals surface area contributed by atoms with E-state index >= 15 is 0 Å². The number of nitrogens with zero attached hydrogens (tertiary/aromatic N) is 2. The molecule has 1 amide bonds. The van der Waals surface area contributed by atoms with Crippen molar-refractivity contribution in [3.8, 4) is 17.1 Å². The summed E-state index contributed by atoms with van der Waals surface area (Å²) in [5.41, 5.74) is 1.77. The van der Waals surface area contributed by atoms with E-state index in [2.05, 4.69) is 15.3 Å². The average Bonchev–Trinajstić information content (AvgIpc) is 3.12. The molecule has 0 radical (unpaired) electrons. The van der Waals surface area contributed by atoms with E-state index in [0.717, 1.165) is 17.0 Å². The highest BCUT2D eigenvalue weighted by molar-refractivity contribution is 5.97. The molecule has 1 aromatic carbocycles. The Morgan fingerprint density at radius 3 is 2.62 bits per heavy atom. The summed E-state index contributed by atoms with van der Waals surface area (Å²) < 4.78 is 10.5. The molecular formula is C18H17N3O3. The summed E-state index contributed by atoms with van der Waals surface area (Å²) in [5.74, 6) is 0.837. The van der Waals surface area contributed by atoms with Gasteiger partial charge in [-0.1, -0.05) is 6.07 Å². The summed E-state index contributed by atoms with van der Waals surface area (Å²) in [6.07, 6.45) is 2.96. The van der Waals surface area contributed by atoms with Crippen molar-refractivity contribution < 1.29 is 13.9 Å². The normalized spacial score (nSPS) is 11.8. The number of hydrogen-bond donors (Lipinski definition) is 1. The zero-order valence-corrected chi connectivity index (χ0v) is 13.4. The molecule has 24 heavy (non-hydrogen) atoms. The molecule has 2 aromatic heterocycles. The van der Waals surface area contributed by atoms with Gasteiger partial charge in [-0.2, -0.15) is 0 Å². The summed E-state index contributed by atoms with van der Waals surface area (Å²) in [5, 5.41) is 2.88. The zero-order valence-electron chi connectivity index (χ0n) is 13.4. The standard InChI is InChI=1S/C18H17N3O3/c1-12(15-5-3-4-10-19-15)21-18(22)16-17(24-11-20-16)13-6-8-14(23-2)9-7-13/h3-12H,1-2H3,(H,21,22). The number of methoxy groups -OCH3 is 1. The number of hydrogen-bond acceptors (Lipinski definition) is 5. The first kappa shape index (κ1) is 15.7. The third kappa shape index (κ3) is 3.27. The van der Waals surface area contributed by atoms with Crippen molar-refractivity contribution in [3.63, 3.8) is 0 Å². The largest absolute Gasteiger partial charge is 0.497 e. The van der Waals surface area contributed by atoms with Gasteiger partial charge >= 0.3 is 0 Å². The number of rotatable bonds is 5. The van der Waals surface area contributed by atoms with Crippen LogP contribution in [0.2, 0.25) is 0 Å². The lowest BCUT2D eigenvalue weighted by molar-refractivity contribution is 0.0935. The maximum absolute atomic E-state index is 12.5. The quantitative estimate of drug-likeness (QED) is 0.780. The fraction of sp³-hybridized carbons (Fsp3) is 0.167. The Kier molecular flexibility index (Phi) is 4.56. The molecule has 0 aliphatic carbocycles. The average molecular weight is 323 g/mol. The van der Waals surface area contributed by atoms with Crippen LogP contribution >= 0.6 is 0 Å². The Labute approximate surface area is 139 Å². The van der Waals surface area contributed by atoms with E-state index in [1.807, 2.05) is 37.3 Å². The Morgan fingerprint density at radius 1 is 1.17 bits per heavy atom. The van der Waals surface area contributed by atoms with Crippen LogP contribution in [0, 0.1) is 0 Å². The highest BCUT2D eigenvalue weighted by atomic mass is 16.5. The third-order valence-electron chi connectivity index (χ3n) is 3.61. The van der Waals surface area contributed by atoms with Gasteiger partial charge in [0.25, 0.3) is 5.91 Å². The molecule has 6 heteroatoms. The predicted octanol–water partition coefficient (Wildman–Crippen LogP) is 3.24. The highest BCUT2D eigenvalue weighted by Gasteiger charge is 2.20. The molecule has 0 bridgehead atoms. The smallest absolute Gasteiger partial charge is 0.274 e. The summed E-state index contributed by atoms with van der Waals surface area (Å²) in [7, 11) is 1.60. The van der Waals surface area contributed by atoms with Crippen LogP contribution in [0.1, 0.15) is 29.1 Å². The molecular weight excluding hydrogens is 306 g/mol. The minimum Gasteiger partial charge on any atom is -0.497 e. The molecule has 1 unspecified atom stereocenters. The van der Waals surface area contributed by atoms with Crippen LogP contribution in [0.3, 0.4) is 0 Å². The lowest BCUT2D eigenvalue weighted by atomic mass is 10.1. The van der Waals surface area contributed by atoms with Crippen molar-refractivity contribution in [2.75, 3.05) is 7.11 Å². The van der Waals surface area contributed by atoms with Crippen LogP contribution in [0.25, 0.3) is 11.3 Å². The van der Waals surface area contributed by atoms with E-state index in [1.165, 1.54) is 6.39 Å². The van der Waals surface area contributed by atoms with Gasteiger partial charge in [-0.15, -0.1) is 0 Å². The van der Waals surface area contributed by atoms with Gasteiger partial charge in [0.1, 0.15) is 5.75 Å². The van der Waals surface area contributed by atoms with Gasteiger partial charge in [-0.25, -0.2) is 4.98 Å². The number of oxazole rings is 1. The number of pyridine rings is 1. The lowest BCUT2D eigenvalue weighted by Gasteiger charge is -2.12. The van der Waals surface area contributed by atoms with E-state index < -0.39 is 0 Å². The molecule has 0 saturated heterocycles. The molecule has 0 aliphatic rings. The van der Waals surface area contributed by atoms with E-state index in [-0.39, 0.29) is 17.6 Å². The molecule has 0 aliphatic heterocycles. The van der Waals surface area contributed by atoms with Crippen molar-refractivity contribution >= 4 is 5.91 Å². The minimum atomic E-state index is -0.312. The number of benzene rings is 1. The van der Waals surface area contributed by atoms with Gasteiger partial charge in [0, 0.05) is 11.8 Å². The van der Waals surface area contributed by atoms with Crippen LogP contribution in [-0.4, -0.2) is 23.0 Å². The minimum absolute atomic E-state index is 0.237. The van der Waals surface area contributed by atoms with Crippen LogP contribution in [0.15, 0.2) is 59.5 Å². The van der Waals surface area contributed by atoms with Crippen molar-refractivity contribution in [3.05, 3.63) is 66.4 Å². The van der Waals surface area contributed by atoms with E-state index in [4.69, 9.17) is 9.15 Å². The number of ether oxygens (including phenoxy) is 1. The van der Waals surface area contributed by atoms with Gasteiger partial charge in [0.2, 0.25) is 0 Å². The molecule has 0 spiro atoms. The van der Waals surface area contributed by atoms with Gasteiger partial charge in [0.05, 0.1) is 18.8 Å². The Bertz CT molecular complexity index is 813. The van der Waals surface area contributed by atoms with Crippen LogP contribution < -0.4 is 10.1 Å². The fourth-order valence-corrected chi connectivity index (χ4v) is 2.33. The Morgan fingerprint density at radius 2 is 1.96 bits per heavy atom. The number of carbonyl (C=O) groups is 1. The summed E-state index contributed by atoms with van der Waals surface area (Å²) in [6, 6.07) is 12.6. The molecule has 1 atom stereocenters. The van der Waals surface area contributed by atoms with Gasteiger partial charge < -0.3 is 14.5 Å². The first-order chi connectivity index (χ1) is 11.7. The zero-order chi connectivity index (χ0) is 16.9. The Hall–Kier alpha value is -3.15. The first-order valence-corrected chi connectivity index (χ1v) is 7.48. The SMILES string of the molecule is COc1ccc(-c2ocnc2C(=O)NC(C)c2ccccn2)cc1. The molecule has 0 saturated carbocycles. The monoisotopic (exact) mass is 323 g/mol. The van der Waals surface area contributed by atoms with E-state index in [9.17, 15) is 4.79 Å². The predicted molar refractivity (Wildman–Crippen MR) is 88.6 cm³/mol. The molecule has 3 aromatic rings. The fourth-order valence-electron chi connectivity index (χ4n) is 2.33.